The van der Waals surface area contributed by atoms with Gasteiger partial charge in [0.05, 0.1) is 12.2 Å². The van der Waals surface area contributed by atoms with Gasteiger partial charge in [-0.1, -0.05) is 17.7 Å². The molecule has 0 bridgehead atoms. The first-order chi connectivity index (χ1) is 11.6. The van der Waals surface area contributed by atoms with Gasteiger partial charge in [-0.25, -0.2) is 9.78 Å². The minimum Gasteiger partial charge on any atom is -0.452 e. The van der Waals surface area contributed by atoms with E-state index >= 15 is 0 Å². The van der Waals surface area contributed by atoms with E-state index in [0.717, 1.165) is 9.84 Å². The predicted molar refractivity (Wildman–Crippen MR) is 94.2 cm³/mol. The molecule has 0 radical (unpaired) electrons. The molecular formula is C15H12ClN3O3S2. The number of carbonyl (C=O) groups excluding carboxylic acids is 2. The number of aromatic nitrogens is 2. The van der Waals surface area contributed by atoms with Crippen LogP contribution >= 0.6 is 34.3 Å². The Labute approximate surface area is 150 Å². The zero-order chi connectivity index (χ0) is 16.9. The maximum Gasteiger partial charge on any atom is 0.331 e. The second kappa shape index (κ2) is 7.61. The van der Waals surface area contributed by atoms with Crippen LogP contribution in [0.1, 0.15) is 10.6 Å². The van der Waals surface area contributed by atoms with Gasteiger partial charge in [-0.2, -0.15) is 0 Å². The maximum absolute atomic E-state index is 11.7. The zero-order valence-corrected chi connectivity index (χ0v) is 14.7. The molecule has 0 atom stereocenters. The predicted octanol–water partition coefficient (Wildman–Crippen LogP) is 2.98. The van der Waals surface area contributed by atoms with Gasteiger partial charge in [-0.3, -0.25) is 9.20 Å². The molecule has 3 heterocycles. The molecule has 0 saturated heterocycles. The number of thiophene rings is 1. The molecular weight excluding hydrogens is 370 g/mol. The fraction of sp³-hybridized carbons (Fsp3) is 0.133. The van der Waals surface area contributed by atoms with Crippen molar-refractivity contribution in [2.24, 2.45) is 0 Å². The molecule has 0 saturated carbocycles. The molecule has 0 aromatic carbocycles. The van der Waals surface area contributed by atoms with Gasteiger partial charge in [0.2, 0.25) is 0 Å². The van der Waals surface area contributed by atoms with Gasteiger partial charge in [0.25, 0.3) is 5.91 Å². The lowest BCUT2D eigenvalue weighted by molar-refractivity contribution is -0.143. The first-order valence-electron chi connectivity index (χ1n) is 6.88. The van der Waals surface area contributed by atoms with E-state index in [2.05, 4.69) is 10.3 Å². The average molecular weight is 382 g/mol. The highest BCUT2D eigenvalue weighted by Gasteiger charge is 2.10. The van der Waals surface area contributed by atoms with E-state index in [1.54, 1.807) is 15.7 Å². The summed E-state index contributed by atoms with van der Waals surface area (Å²) in [5.74, 6) is -0.977. The van der Waals surface area contributed by atoms with Crippen molar-refractivity contribution in [1.82, 2.24) is 14.7 Å². The number of rotatable bonds is 6. The van der Waals surface area contributed by atoms with Crippen LogP contribution in [0.2, 0.25) is 5.15 Å². The highest BCUT2D eigenvalue weighted by molar-refractivity contribution is 7.15. The van der Waals surface area contributed by atoms with E-state index in [-0.39, 0.29) is 12.5 Å². The third-order valence-electron chi connectivity index (χ3n) is 3.02. The third kappa shape index (κ3) is 4.02. The third-order valence-corrected chi connectivity index (χ3v) is 4.93. The van der Waals surface area contributed by atoms with Crippen LogP contribution in [0, 0.1) is 0 Å². The summed E-state index contributed by atoms with van der Waals surface area (Å²) in [7, 11) is 0. The van der Waals surface area contributed by atoms with Crippen molar-refractivity contribution in [3.05, 3.63) is 50.9 Å². The second-order valence-electron chi connectivity index (χ2n) is 4.64. The number of amides is 1. The van der Waals surface area contributed by atoms with Crippen molar-refractivity contribution in [3.8, 4) is 0 Å². The minimum atomic E-state index is -0.623. The van der Waals surface area contributed by atoms with Crippen molar-refractivity contribution in [2.45, 2.75) is 6.54 Å². The summed E-state index contributed by atoms with van der Waals surface area (Å²) in [6.07, 6.45) is 4.54. The van der Waals surface area contributed by atoms with Crippen LogP contribution in [0.15, 0.2) is 35.2 Å². The number of nitrogens with one attached hydrogen (secondary N) is 1. The van der Waals surface area contributed by atoms with Crippen molar-refractivity contribution in [2.75, 3.05) is 6.61 Å². The number of esters is 1. The number of hydrogen-bond acceptors (Lipinski definition) is 6. The van der Waals surface area contributed by atoms with Crippen LogP contribution in [-0.4, -0.2) is 27.9 Å². The molecule has 0 aliphatic carbocycles. The summed E-state index contributed by atoms with van der Waals surface area (Å²) in [6.45, 7) is 0.0913. The summed E-state index contributed by atoms with van der Waals surface area (Å²) in [5, 5.41) is 6.78. The molecule has 124 valence electrons. The number of thiazole rings is 1. The van der Waals surface area contributed by atoms with E-state index in [1.807, 2.05) is 29.1 Å². The number of nitrogens with zero attached hydrogens (tertiary/aromatic N) is 2. The number of ether oxygens (including phenoxy) is 1. The monoisotopic (exact) mass is 381 g/mol. The van der Waals surface area contributed by atoms with E-state index in [0.29, 0.717) is 17.4 Å². The van der Waals surface area contributed by atoms with Crippen LogP contribution in [0.3, 0.4) is 0 Å². The molecule has 24 heavy (non-hydrogen) atoms. The summed E-state index contributed by atoms with van der Waals surface area (Å²) in [6, 6.07) is 3.82. The van der Waals surface area contributed by atoms with Crippen molar-refractivity contribution in [1.29, 1.82) is 0 Å². The molecule has 9 heteroatoms. The number of carbonyl (C=O) groups is 2. The van der Waals surface area contributed by atoms with Crippen molar-refractivity contribution >= 4 is 57.2 Å². The topological polar surface area (TPSA) is 72.7 Å². The molecule has 3 aromatic heterocycles. The molecule has 1 N–H and O–H groups in total. The lowest BCUT2D eigenvalue weighted by Gasteiger charge is -2.03. The van der Waals surface area contributed by atoms with Gasteiger partial charge >= 0.3 is 5.97 Å². The first kappa shape index (κ1) is 16.7. The Bertz CT molecular complexity index is 883. The largest absolute Gasteiger partial charge is 0.452 e. The van der Waals surface area contributed by atoms with Gasteiger partial charge in [0, 0.05) is 22.5 Å². The Balaban J connectivity index is 1.49. The normalized spacial score (nSPS) is 11.2. The van der Waals surface area contributed by atoms with E-state index < -0.39 is 5.97 Å². The Kier molecular flexibility index (Phi) is 5.29. The van der Waals surface area contributed by atoms with Crippen LogP contribution in [0.25, 0.3) is 11.0 Å². The summed E-state index contributed by atoms with van der Waals surface area (Å²) >= 11 is 9.00. The molecule has 0 unspecified atom stereocenters. The van der Waals surface area contributed by atoms with Gasteiger partial charge in [0.15, 0.2) is 16.7 Å². The molecule has 0 spiro atoms. The minimum absolute atomic E-state index is 0.305. The molecule has 3 rings (SSSR count). The number of hydrogen-bond donors (Lipinski definition) is 1. The molecule has 0 fully saturated rings. The highest BCUT2D eigenvalue weighted by Crippen LogP contribution is 2.22. The Morgan fingerprint density at radius 2 is 2.25 bits per heavy atom. The number of fused-ring (bicyclic) bond motifs is 1. The van der Waals surface area contributed by atoms with Gasteiger partial charge < -0.3 is 10.1 Å². The van der Waals surface area contributed by atoms with E-state index in [1.165, 1.54) is 23.5 Å². The fourth-order valence-corrected chi connectivity index (χ4v) is 3.56. The number of halogens is 1. The zero-order valence-electron chi connectivity index (χ0n) is 12.3. The summed E-state index contributed by atoms with van der Waals surface area (Å²) in [5.41, 5.74) is 0.590. The van der Waals surface area contributed by atoms with Crippen LogP contribution < -0.4 is 5.32 Å². The van der Waals surface area contributed by atoms with Gasteiger partial charge in [0.1, 0.15) is 0 Å². The van der Waals surface area contributed by atoms with E-state index in [9.17, 15) is 9.59 Å². The lowest BCUT2D eigenvalue weighted by atomic mass is 10.4. The van der Waals surface area contributed by atoms with Crippen molar-refractivity contribution < 1.29 is 14.3 Å². The Morgan fingerprint density at radius 3 is 3.04 bits per heavy atom. The highest BCUT2D eigenvalue weighted by atomic mass is 35.5. The Morgan fingerprint density at radius 1 is 1.38 bits per heavy atom. The van der Waals surface area contributed by atoms with Crippen molar-refractivity contribution in [3.63, 3.8) is 0 Å². The standard InChI is InChI=1S/C15H12ClN3O3S2/c16-14-11(19-5-7-24-15(19)18-14)3-4-13(21)22-9-12(20)17-8-10-2-1-6-23-10/h1-7H,8-9H2,(H,17,20)/b4-3+. The molecule has 0 aliphatic rings. The first-order valence-corrected chi connectivity index (χ1v) is 9.02. The quantitative estimate of drug-likeness (QED) is 0.526. The van der Waals surface area contributed by atoms with Gasteiger partial charge in [-0.05, 0) is 17.5 Å². The van der Waals surface area contributed by atoms with Crippen LogP contribution in [-0.2, 0) is 20.9 Å². The molecule has 1 amide bonds. The molecule has 6 nitrogen and oxygen atoms in total. The Hall–Kier alpha value is -2.16. The average Bonchev–Trinajstić information content (AvgIpc) is 3.27. The summed E-state index contributed by atoms with van der Waals surface area (Å²) < 4.78 is 6.67. The van der Waals surface area contributed by atoms with Gasteiger partial charge in [-0.15, -0.1) is 22.7 Å². The van der Waals surface area contributed by atoms with Crippen LogP contribution in [0.4, 0.5) is 0 Å². The van der Waals surface area contributed by atoms with E-state index in [4.69, 9.17) is 16.3 Å². The molecule has 0 aliphatic heterocycles. The molecule has 3 aromatic rings. The smallest absolute Gasteiger partial charge is 0.331 e. The summed E-state index contributed by atoms with van der Waals surface area (Å²) in [4.78, 5) is 29.3. The number of imidazole rings is 1. The maximum atomic E-state index is 11.7. The van der Waals surface area contributed by atoms with Crippen LogP contribution in [0.5, 0.6) is 0 Å². The lowest BCUT2D eigenvalue weighted by Crippen LogP contribution is -2.27. The fourth-order valence-electron chi connectivity index (χ4n) is 1.91. The second-order valence-corrected chi connectivity index (χ2v) is 6.90. The SMILES string of the molecule is O=C(COC(=O)/C=C/c1c(Cl)nc2sccn12)NCc1cccs1.